The summed E-state index contributed by atoms with van der Waals surface area (Å²) in [5.74, 6) is 0.632. The van der Waals surface area contributed by atoms with Crippen molar-refractivity contribution in [3.63, 3.8) is 0 Å². The summed E-state index contributed by atoms with van der Waals surface area (Å²) in [5.41, 5.74) is 4.18. The van der Waals surface area contributed by atoms with Crippen LogP contribution in [0.3, 0.4) is 0 Å². The van der Waals surface area contributed by atoms with Gasteiger partial charge in [-0.15, -0.1) is 0 Å². The molecule has 102 valence electrons. The predicted octanol–water partition coefficient (Wildman–Crippen LogP) is 3.46. The summed E-state index contributed by atoms with van der Waals surface area (Å²) in [7, 11) is 0. The SMILES string of the molecule is Cc1cccc(C)c1CNCCCOCC(C)C. The van der Waals surface area contributed by atoms with Crippen molar-refractivity contribution >= 4 is 0 Å². The van der Waals surface area contributed by atoms with Crippen LogP contribution in [0.15, 0.2) is 18.2 Å². The molecule has 0 heterocycles. The van der Waals surface area contributed by atoms with E-state index in [0.29, 0.717) is 5.92 Å². The van der Waals surface area contributed by atoms with Crippen LogP contribution in [0.1, 0.15) is 37.0 Å². The van der Waals surface area contributed by atoms with Gasteiger partial charge in [0.05, 0.1) is 0 Å². The molecule has 1 aromatic carbocycles. The van der Waals surface area contributed by atoms with Crippen LogP contribution in [0.2, 0.25) is 0 Å². The zero-order valence-corrected chi connectivity index (χ0v) is 12.3. The van der Waals surface area contributed by atoms with Crippen LogP contribution < -0.4 is 5.32 Å². The average molecular weight is 249 g/mol. The third-order valence-corrected chi connectivity index (χ3v) is 3.04. The van der Waals surface area contributed by atoms with E-state index in [-0.39, 0.29) is 0 Å². The first-order valence-corrected chi connectivity index (χ1v) is 6.94. The lowest BCUT2D eigenvalue weighted by atomic mass is 10.0. The van der Waals surface area contributed by atoms with E-state index < -0.39 is 0 Å². The molecular weight excluding hydrogens is 222 g/mol. The number of nitrogens with one attached hydrogen (secondary N) is 1. The van der Waals surface area contributed by atoms with Gasteiger partial charge >= 0.3 is 0 Å². The van der Waals surface area contributed by atoms with Gasteiger partial charge in [-0.3, -0.25) is 0 Å². The summed E-state index contributed by atoms with van der Waals surface area (Å²) in [5, 5.41) is 3.49. The number of hydrogen-bond donors (Lipinski definition) is 1. The van der Waals surface area contributed by atoms with Crippen LogP contribution in [-0.4, -0.2) is 19.8 Å². The Kier molecular flexibility index (Phi) is 6.99. The van der Waals surface area contributed by atoms with E-state index in [1.54, 1.807) is 0 Å². The zero-order chi connectivity index (χ0) is 13.4. The second kappa shape index (κ2) is 8.28. The van der Waals surface area contributed by atoms with E-state index in [4.69, 9.17) is 4.74 Å². The molecule has 0 radical (unpaired) electrons. The summed E-state index contributed by atoms with van der Waals surface area (Å²) < 4.78 is 5.55. The van der Waals surface area contributed by atoms with Crippen LogP contribution in [0, 0.1) is 19.8 Å². The first kappa shape index (κ1) is 15.2. The van der Waals surface area contributed by atoms with E-state index in [0.717, 1.165) is 32.7 Å². The number of ether oxygens (including phenoxy) is 1. The highest BCUT2D eigenvalue weighted by atomic mass is 16.5. The molecule has 0 saturated heterocycles. The maximum absolute atomic E-state index is 5.55. The number of aryl methyl sites for hydroxylation is 2. The smallest absolute Gasteiger partial charge is 0.0489 e. The molecule has 0 spiro atoms. The molecule has 0 aliphatic heterocycles. The van der Waals surface area contributed by atoms with Gasteiger partial charge in [-0.05, 0) is 49.4 Å². The summed E-state index contributed by atoms with van der Waals surface area (Å²) in [6.07, 6.45) is 1.08. The topological polar surface area (TPSA) is 21.3 Å². The van der Waals surface area contributed by atoms with Gasteiger partial charge in [-0.25, -0.2) is 0 Å². The Balaban J connectivity index is 2.14. The predicted molar refractivity (Wildman–Crippen MR) is 77.9 cm³/mol. The van der Waals surface area contributed by atoms with Crippen molar-refractivity contribution in [3.05, 3.63) is 34.9 Å². The molecule has 0 aliphatic rings. The summed E-state index contributed by atoms with van der Waals surface area (Å²) in [6, 6.07) is 6.47. The van der Waals surface area contributed by atoms with Gasteiger partial charge < -0.3 is 10.1 Å². The average Bonchev–Trinajstić information content (AvgIpc) is 2.30. The molecule has 1 rings (SSSR count). The van der Waals surface area contributed by atoms with E-state index in [9.17, 15) is 0 Å². The van der Waals surface area contributed by atoms with Crippen molar-refractivity contribution in [1.29, 1.82) is 0 Å². The molecular formula is C16H27NO. The van der Waals surface area contributed by atoms with Crippen molar-refractivity contribution in [1.82, 2.24) is 5.32 Å². The van der Waals surface area contributed by atoms with Crippen molar-refractivity contribution in [2.24, 2.45) is 5.92 Å². The molecule has 0 bridgehead atoms. The van der Waals surface area contributed by atoms with Gasteiger partial charge in [-0.2, -0.15) is 0 Å². The molecule has 1 aromatic rings. The molecule has 2 nitrogen and oxygen atoms in total. The van der Waals surface area contributed by atoms with Gasteiger partial charge in [0.1, 0.15) is 0 Å². The highest BCUT2D eigenvalue weighted by Crippen LogP contribution is 2.12. The van der Waals surface area contributed by atoms with Crippen LogP contribution in [-0.2, 0) is 11.3 Å². The third-order valence-electron chi connectivity index (χ3n) is 3.04. The quantitative estimate of drug-likeness (QED) is 0.712. The third kappa shape index (κ3) is 5.65. The number of rotatable bonds is 8. The summed E-state index contributed by atoms with van der Waals surface area (Å²) >= 11 is 0. The number of hydrogen-bond acceptors (Lipinski definition) is 2. The minimum absolute atomic E-state index is 0.632. The molecule has 0 atom stereocenters. The van der Waals surface area contributed by atoms with E-state index >= 15 is 0 Å². The minimum Gasteiger partial charge on any atom is -0.381 e. The highest BCUT2D eigenvalue weighted by Gasteiger charge is 2.01. The molecule has 0 aromatic heterocycles. The van der Waals surface area contributed by atoms with Gasteiger partial charge in [-0.1, -0.05) is 32.0 Å². The van der Waals surface area contributed by atoms with Crippen LogP contribution in [0.5, 0.6) is 0 Å². The lowest BCUT2D eigenvalue weighted by Crippen LogP contribution is -2.18. The first-order valence-electron chi connectivity index (χ1n) is 6.94. The fraction of sp³-hybridized carbons (Fsp3) is 0.625. The van der Waals surface area contributed by atoms with E-state index in [1.807, 2.05) is 0 Å². The molecule has 1 N–H and O–H groups in total. The Morgan fingerprint density at radius 1 is 1.17 bits per heavy atom. The molecule has 0 saturated carbocycles. The fourth-order valence-corrected chi connectivity index (χ4v) is 1.96. The first-order chi connectivity index (χ1) is 8.61. The standard InChI is InChI=1S/C16H27NO/c1-13(2)12-18-10-6-9-17-11-16-14(3)7-5-8-15(16)4/h5,7-8,13,17H,6,9-12H2,1-4H3. The van der Waals surface area contributed by atoms with Gasteiger partial charge in [0.15, 0.2) is 0 Å². The Hall–Kier alpha value is -0.860. The lowest BCUT2D eigenvalue weighted by Gasteiger charge is -2.11. The lowest BCUT2D eigenvalue weighted by molar-refractivity contribution is 0.108. The highest BCUT2D eigenvalue weighted by molar-refractivity contribution is 5.33. The maximum Gasteiger partial charge on any atom is 0.0489 e. The zero-order valence-electron chi connectivity index (χ0n) is 12.3. The maximum atomic E-state index is 5.55. The largest absolute Gasteiger partial charge is 0.381 e. The van der Waals surface area contributed by atoms with Crippen molar-refractivity contribution in [2.45, 2.75) is 40.7 Å². The fourth-order valence-electron chi connectivity index (χ4n) is 1.96. The van der Waals surface area contributed by atoms with Gasteiger partial charge in [0, 0.05) is 19.8 Å². The molecule has 0 fully saturated rings. The monoisotopic (exact) mass is 249 g/mol. The van der Waals surface area contributed by atoms with E-state index in [1.165, 1.54) is 16.7 Å². The summed E-state index contributed by atoms with van der Waals surface area (Å²) in [6.45, 7) is 12.4. The second-order valence-corrected chi connectivity index (χ2v) is 5.37. The molecule has 2 heteroatoms. The Morgan fingerprint density at radius 3 is 2.44 bits per heavy atom. The Morgan fingerprint density at radius 2 is 1.83 bits per heavy atom. The minimum atomic E-state index is 0.632. The number of benzene rings is 1. The van der Waals surface area contributed by atoms with Crippen molar-refractivity contribution in [2.75, 3.05) is 19.8 Å². The second-order valence-electron chi connectivity index (χ2n) is 5.37. The van der Waals surface area contributed by atoms with E-state index in [2.05, 4.69) is 51.2 Å². The van der Waals surface area contributed by atoms with Crippen LogP contribution in [0.4, 0.5) is 0 Å². The Bertz CT molecular complexity index is 327. The van der Waals surface area contributed by atoms with Crippen molar-refractivity contribution < 1.29 is 4.74 Å². The molecule has 0 aliphatic carbocycles. The molecule has 0 unspecified atom stereocenters. The normalized spacial score (nSPS) is 11.2. The summed E-state index contributed by atoms with van der Waals surface area (Å²) in [4.78, 5) is 0. The van der Waals surface area contributed by atoms with Crippen LogP contribution in [0.25, 0.3) is 0 Å². The van der Waals surface area contributed by atoms with Crippen molar-refractivity contribution in [3.8, 4) is 0 Å². The van der Waals surface area contributed by atoms with Crippen LogP contribution >= 0.6 is 0 Å². The van der Waals surface area contributed by atoms with Gasteiger partial charge in [0.2, 0.25) is 0 Å². The van der Waals surface area contributed by atoms with Gasteiger partial charge in [0.25, 0.3) is 0 Å². The molecule has 0 amide bonds. The molecule has 18 heavy (non-hydrogen) atoms. The Labute approximate surface area is 112 Å².